The molecule has 5 rings (SSSR count). The number of hydrogen-bond acceptors (Lipinski definition) is 5. The maximum absolute atomic E-state index is 13.1. The highest BCUT2D eigenvalue weighted by molar-refractivity contribution is 5.80. The molecule has 0 unspecified atom stereocenters. The van der Waals surface area contributed by atoms with Gasteiger partial charge in [0.05, 0.1) is 10.9 Å². The third-order valence-corrected chi connectivity index (χ3v) is 6.47. The molecule has 2 aromatic carbocycles. The van der Waals surface area contributed by atoms with E-state index in [-0.39, 0.29) is 23.9 Å². The molecular weight excluding hydrogens is 423 g/mol. The Bertz CT molecular complexity index is 1220. The lowest BCUT2D eigenvalue weighted by molar-refractivity contribution is -0.133. The van der Waals surface area contributed by atoms with Crippen LogP contribution in [0.5, 0.6) is 5.75 Å². The molecule has 0 aliphatic carbocycles. The third kappa shape index (κ3) is 4.55. The standard InChI is InChI=1S/C25H27FN4O3/c26-18-5-7-19(8-6-18)28-12-14-29(15-13-28)24(31)17-33-20-9-10-22-21(16-20)25(32)30-11-3-1-2-4-23(30)27-22/h5-10,16H,1-4,11-15,17H2. The van der Waals surface area contributed by atoms with Gasteiger partial charge in [-0.25, -0.2) is 9.37 Å². The molecule has 2 aliphatic rings. The number of amides is 1. The molecule has 0 radical (unpaired) electrons. The van der Waals surface area contributed by atoms with Crippen LogP contribution in [0.3, 0.4) is 0 Å². The summed E-state index contributed by atoms with van der Waals surface area (Å²) >= 11 is 0. The molecule has 0 N–H and O–H groups in total. The minimum absolute atomic E-state index is 0.0365. The first-order valence-corrected chi connectivity index (χ1v) is 11.5. The van der Waals surface area contributed by atoms with Crippen molar-refractivity contribution >= 4 is 22.5 Å². The van der Waals surface area contributed by atoms with Gasteiger partial charge in [-0.05, 0) is 55.3 Å². The number of piperazine rings is 1. The lowest BCUT2D eigenvalue weighted by Crippen LogP contribution is -2.50. The van der Waals surface area contributed by atoms with Crippen LogP contribution >= 0.6 is 0 Å². The van der Waals surface area contributed by atoms with Crippen molar-refractivity contribution in [2.75, 3.05) is 37.7 Å². The molecule has 8 heteroatoms. The first-order chi connectivity index (χ1) is 16.1. The van der Waals surface area contributed by atoms with Crippen molar-refractivity contribution in [2.45, 2.75) is 32.2 Å². The number of halogens is 1. The molecule has 2 aliphatic heterocycles. The maximum atomic E-state index is 13.1. The summed E-state index contributed by atoms with van der Waals surface area (Å²) in [5.41, 5.74) is 1.59. The van der Waals surface area contributed by atoms with Crippen molar-refractivity contribution in [3.8, 4) is 5.75 Å². The topological polar surface area (TPSA) is 67.7 Å². The van der Waals surface area contributed by atoms with Crippen LogP contribution < -0.4 is 15.2 Å². The quantitative estimate of drug-likeness (QED) is 0.611. The first kappa shape index (κ1) is 21.4. The number of carbonyl (C=O) groups is 1. The molecule has 172 valence electrons. The van der Waals surface area contributed by atoms with E-state index in [9.17, 15) is 14.0 Å². The average molecular weight is 451 g/mol. The summed E-state index contributed by atoms with van der Waals surface area (Å²) in [7, 11) is 0. The van der Waals surface area contributed by atoms with Gasteiger partial charge in [-0.3, -0.25) is 14.2 Å². The van der Waals surface area contributed by atoms with Gasteiger partial charge < -0.3 is 14.5 Å². The molecule has 0 atom stereocenters. The molecule has 1 aromatic heterocycles. The molecule has 0 spiro atoms. The minimum atomic E-state index is -0.257. The van der Waals surface area contributed by atoms with Crippen molar-refractivity contribution in [1.82, 2.24) is 14.5 Å². The van der Waals surface area contributed by atoms with Crippen LogP contribution in [0.2, 0.25) is 0 Å². The number of anilines is 1. The van der Waals surface area contributed by atoms with Crippen LogP contribution in [0.25, 0.3) is 10.9 Å². The summed E-state index contributed by atoms with van der Waals surface area (Å²) in [6, 6.07) is 11.7. The number of ether oxygens (including phenoxy) is 1. The van der Waals surface area contributed by atoms with E-state index < -0.39 is 0 Å². The Balaban J connectivity index is 1.22. The van der Waals surface area contributed by atoms with Gasteiger partial charge in [-0.1, -0.05) is 6.42 Å². The van der Waals surface area contributed by atoms with Gasteiger partial charge in [0, 0.05) is 44.8 Å². The van der Waals surface area contributed by atoms with Gasteiger partial charge in [0.15, 0.2) is 6.61 Å². The second-order valence-corrected chi connectivity index (χ2v) is 8.61. The summed E-state index contributed by atoms with van der Waals surface area (Å²) in [6.07, 6.45) is 3.97. The highest BCUT2D eigenvalue weighted by atomic mass is 19.1. The Labute approximate surface area is 191 Å². The van der Waals surface area contributed by atoms with Crippen molar-refractivity contribution in [1.29, 1.82) is 0 Å². The van der Waals surface area contributed by atoms with E-state index in [1.165, 1.54) is 12.1 Å². The largest absolute Gasteiger partial charge is 0.484 e. The van der Waals surface area contributed by atoms with Gasteiger partial charge in [0.2, 0.25) is 0 Å². The minimum Gasteiger partial charge on any atom is -0.484 e. The summed E-state index contributed by atoms with van der Waals surface area (Å²) in [6.45, 7) is 3.14. The van der Waals surface area contributed by atoms with Crippen LogP contribution in [0, 0.1) is 5.82 Å². The predicted octanol–water partition coefficient (Wildman–Crippen LogP) is 2.99. The summed E-state index contributed by atoms with van der Waals surface area (Å²) in [4.78, 5) is 34.3. The molecule has 1 saturated heterocycles. The van der Waals surface area contributed by atoms with Crippen molar-refractivity contribution in [3.05, 3.63) is 64.5 Å². The smallest absolute Gasteiger partial charge is 0.261 e. The number of aryl methyl sites for hydroxylation is 1. The second kappa shape index (κ2) is 9.21. The molecule has 3 aromatic rings. The van der Waals surface area contributed by atoms with Crippen molar-refractivity contribution in [2.24, 2.45) is 0 Å². The maximum Gasteiger partial charge on any atom is 0.261 e. The van der Waals surface area contributed by atoms with Gasteiger partial charge >= 0.3 is 0 Å². The molecule has 7 nitrogen and oxygen atoms in total. The van der Waals surface area contributed by atoms with Gasteiger partial charge in [0.1, 0.15) is 17.4 Å². The van der Waals surface area contributed by atoms with Crippen LogP contribution in [0.4, 0.5) is 10.1 Å². The lowest BCUT2D eigenvalue weighted by atomic mass is 10.2. The molecule has 3 heterocycles. The number of nitrogens with zero attached hydrogens (tertiary/aromatic N) is 4. The Hall–Kier alpha value is -3.42. The van der Waals surface area contributed by atoms with E-state index in [0.29, 0.717) is 49.4 Å². The fourth-order valence-electron chi connectivity index (χ4n) is 4.59. The molecule has 0 saturated carbocycles. The van der Waals surface area contributed by atoms with E-state index in [1.54, 1.807) is 39.8 Å². The van der Waals surface area contributed by atoms with Gasteiger partial charge in [-0.2, -0.15) is 0 Å². The first-order valence-electron chi connectivity index (χ1n) is 11.5. The normalized spacial score (nSPS) is 16.4. The number of rotatable bonds is 4. The zero-order valence-electron chi connectivity index (χ0n) is 18.5. The number of carbonyl (C=O) groups excluding carboxylic acids is 1. The van der Waals surface area contributed by atoms with Crippen LogP contribution in [-0.4, -0.2) is 53.1 Å². The molecule has 0 bridgehead atoms. The Morgan fingerprint density at radius 3 is 2.55 bits per heavy atom. The summed E-state index contributed by atoms with van der Waals surface area (Å²) in [5, 5.41) is 0.526. The Morgan fingerprint density at radius 2 is 1.76 bits per heavy atom. The van der Waals surface area contributed by atoms with Crippen LogP contribution in [-0.2, 0) is 17.8 Å². The Kier molecular flexibility index (Phi) is 5.98. The predicted molar refractivity (Wildman–Crippen MR) is 124 cm³/mol. The van der Waals surface area contributed by atoms with E-state index in [2.05, 4.69) is 4.90 Å². The molecule has 1 amide bonds. The zero-order valence-corrected chi connectivity index (χ0v) is 18.5. The van der Waals surface area contributed by atoms with Crippen molar-refractivity contribution in [3.63, 3.8) is 0 Å². The lowest BCUT2D eigenvalue weighted by Gasteiger charge is -2.36. The molecule has 1 fully saturated rings. The zero-order chi connectivity index (χ0) is 22.8. The second-order valence-electron chi connectivity index (χ2n) is 8.61. The van der Waals surface area contributed by atoms with E-state index in [4.69, 9.17) is 9.72 Å². The van der Waals surface area contributed by atoms with E-state index in [1.807, 2.05) is 0 Å². The number of hydrogen-bond donors (Lipinski definition) is 0. The average Bonchev–Trinajstić information content (AvgIpc) is 3.09. The van der Waals surface area contributed by atoms with Crippen LogP contribution in [0.1, 0.15) is 25.1 Å². The summed E-state index contributed by atoms with van der Waals surface area (Å²) < 4.78 is 20.7. The van der Waals surface area contributed by atoms with Gasteiger partial charge in [-0.15, -0.1) is 0 Å². The fraction of sp³-hybridized carbons (Fsp3) is 0.400. The number of aromatic nitrogens is 2. The van der Waals surface area contributed by atoms with Gasteiger partial charge in [0.25, 0.3) is 11.5 Å². The number of benzene rings is 2. The monoisotopic (exact) mass is 450 g/mol. The number of fused-ring (bicyclic) bond motifs is 2. The van der Waals surface area contributed by atoms with E-state index >= 15 is 0 Å². The van der Waals surface area contributed by atoms with Crippen molar-refractivity contribution < 1.29 is 13.9 Å². The molecule has 33 heavy (non-hydrogen) atoms. The highest BCUT2D eigenvalue weighted by Gasteiger charge is 2.22. The highest BCUT2D eigenvalue weighted by Crippen LogP contribution is 2.20. The Morgan fingerprint density at radius 1 is 0.970 bits per heavy atom. The molecular formula is C25H27FN4O3. The SMILES string of the molecule is O=C(COc1ccc2nc3n(c(=O)c2c1)CCCCC3)N1CCN(c2ccc(F)cc2)CC1. The van der Waals surface area contributed by atoms with E-state index in [0.717, 1.165) is 37.2 Å². The third-order valence-electron chi connectivity index (χ3n) is 6.47. The fourth-order valence-corrected chi connectivity index (χ4v) is 4.59. The van der Waals surface area contributed by atoms with Crippen LogP contribution in [0.15, 0.2) is 47.3 Å². The summed E-state index contributed by atoms with van der Waals surface area (Å²) in [5.74, 6) is 1.00.